The molecule has 1 N–H and O–H groups in total. The lowest BCUT2D eigenvalue weighted by atomic mass is 9.82. The van der Waals surface area contributed by atoms with E-state index in [0.29, 0.717) is 17.5 Å². The van der Waals surface area contributed by atoms with Gasteiger partial charge in [0.15, 0.2) is 0 Å². The zero-order valence-electron chi connectivity index (χ0n) is 15.7. The number of fused-ring (bicyclic) bond motifs is 1. The van der Waals surface area contributed by atoms with Crippen molar-refractivity contribution in [1.29, 1.82) is 0 Å². The summed E-state index contributed by atoms with van der Waals surface area (Å²) in [5.74, 6) is -1.85. The summed E-state index contributed by atoms with van der Waals surface area (Å²) in [6, 6.07) is 5.30. The van der Waals surface area contributed by atoms with E-state index >= 15 is 0 Å². The van der Waals surface area contributed by atoms with Crippen LogP contribution in [0.2, 0.25) is 0 Å². The monoisotopic (exact) mass is 418 g/mol. The molecule has 3 rings (SSSR count). The lowest BCUT2D eigenvalue weighted by Crippen LogP contribution is -2.54. The number of nitrogens with zero attached hydrogens (tertiary/aromatic N) is 2. The number of halogens is 3. The van der Waals surface area contributed by atoms with Crippen molar-refractivity contribution >= 4 is 17.2 Å². The standard InChI is InChI=1S/C18H24F3N3O3S/c1-17(22-28(26)27,15-4-3-8-23(15)2)14-6-5-12-7-9-24(11-13(12)10-14)16(25)18(19,20)21/h5-6,10,15,22H,3-4,7-9,11H2,1-2H3,(H,26,27)/p-1. The van der Waals surface area contributed by atoms with Gasteiger partial charge in [-0.05, 0) is 56.5 Å². The first-order valence-electron chi connectivity index (χ1n) is 9.08. The molecular weight excluding hydrogens is 395 g/mol. The number of likely N-dealkylation sites (N-methyl/N-ethyl adjacent to an activating group) is 1. The first-order chi connectivity index (χ1) is 13.0. The largest absolute Gasteiger partial charge is 0.760 e. The lowest BCUT2D eigenvalue weighted by Gasteiger charge is -2.41. The van der Waals surface area contributed by atoms with Gasteiger partial charge in [-0.25, -0.2) is 4.72 Å². The Labute approximate surface area is 164 Å². The van der Waals surface area contributed by atoms with Crippen molar-refractivity contribution in [2.45, 2.75) is 50.5 Å². The third-order valence-corrected chi connectivity index (χ3v) is 6.42. The molecule has 1 aromatic rings. The van der Waals surface area contributed by atoms with Gasteiger partial charge in [-0.15, -0.1) is 0 Å². The summed E-state index contributed by atoms with van der Waals surface area (Å²) in [6.45, 7) is 2.50. The molecule has 3 unspecified atom stereocenters. The molecule has 3 atom stereocenters. The van der Waals surface area contributed by atoms with E-state index in [2.05, 4.69) is 9.62 Å². The number of hydrogen-bond acceptors (Lipinski definition) is 4. The van der Waals surface area contributed by atoms with Crippen molar-refractivity contribution in [2.75, 3.05) is 20.1 Å². The summed E-state index contributed by atoms with van der Waals surface area (Å²) in [5.41, 5.74) is 1.24. The molecule has 1 fully saturated rings. The van der Waals surface area contributed by atoms with Gasteiger partial charge in [-0.3, -0.25) is 9.00 Å². The van der Waals surface area contributed by atoms with Crippen LogP contribution in [-0.2, 0) is 34.6 Å². The summed E-state index contributed by atoms with van der Waals surface area (Å²) in [7, 11) is 1.92. The molecule has 6 nitrogen and oxygen atoms in total. The normalized spacial score (nSPS) is 23.9. The van der Waals surface area contributed by atoms with Crippen molar-refractivity contribution < 1.29 is 26.7 Å². The van der Waals surface area contributed by atoms with Crippen LogP contribution in [0.5, 0.6) is 0 Å². The molecule has 2 aliphatic rings. The molecule has 1 saturated heterocycles. The highest BCUT2D eigenvalue weighted by molar-refractivity contribution is 7.77. The zero-order valence-corrected chi connectivity index (χ0v) is 16.5. The number of nitrogens with one attached hydrogen (secondary N) is 1. The Morgan fingerprint density at radius 3 is 2.57 bits per heavy atom. The Hall–Kier alpha value is -1.49. The first-order valence-corrected chi connectivity index (χ1v) is 10.2. The van der Waals surface area contributed by atoms with Crippen LogP contribution >= 0.6 is 0 Å². The van der Waals surface area contributed by atoms with Gasteiger partial charge in [0.05, 0.1) is 5.54 Å². The smallest absolute Gasteiger partial charge is 0.471 e. The number of likely N-dealkylation sites (tertiary alicyclic amines) is 1. The van der Waals surface area contributed by atoms with Gasteiger partial charge >= 0.3 is 12.1 Å². The molecule has 1 aromatic carbocycles. The molecule has 156 valence electrons. The summed E-state index contributed by atoms with van der Waals surface area (Å²) < 4.78 is 64.0. The number of benzene rings is 1. The molecule has 0 aliphatic carbocycles. The Morgan fingerprint density at radius 2 is 2.00 bits per heavy atom. The maximum Gasteiger partial charge on any atom is 0.471 e. The van der Waals surface area contributed by atoms with Crippen molar-refractivity contribution in [3.05, 3.63) is 34.9 Å². The Bertz CT molecular complexity index is 789. The van der Waals surface area contributed by atoms with Crippen molar-refractivity contribution in [3.8, 4) is 0 Å². The van der Waals surface area contributed by atoms with Gasteiger partial charge < -0.3 is 14.4 Å². The van der Waals surface area contributed by atoms with Crippen molar-refractivity contribution in [1.82, 2.24) is 14.5 Å². The van der Waals surface area contributed by atoms with E-state index in [1.165, 1.54) is 0 Å². The van der Waals surface area contributed by atoms with Crippen LogP contribution in [0.15, 0.2) is 18.2 Å². The minimum Gasteiger partial charge on any atom is -0.760 e. The Balaban J connectivity index is 1.94. The summed E-state index contributed by atoms with van der Waals surface area (Å²) in [6.07, 6.45) is -2.84. The molecule has 2 aliphatic heterocycles. The van der Waals surface area contributed by atoms with Crippen LogP contribution in [0.4, 0.5) is 13.2 Å². The molecule has 1 amide bonds. The number of rotatable bonds is 4. The van der Waals surface area contributed by atoms with E-state index in [1.807, 2.05) is 19.2 Å². The molecule has 28 heavy (non-hydrogen) atoms. The van der Waals surface area contributed by atoms with Crippen LogP contribution in [0, 0.1) is 0 Å². The van der Waals surface area contributed by atoms with Crippen LogP contribution in [-0.4, -0.2) is 56.8 Å². The van der Waals surface area contributed by atoms with Gasteiger partial charge in [0.25, 0.3) is 0 Å². The second-order valence-corrected chi connectivity index (χ2v) is 8.31. The van der Waals surface area contributed by atoms with Gasteiger partial charge in [0.2, 0.25) is 0 Å². The zero-order chi connectivity index (χ0) is 20.7. The first kappa shape index (κ1) is 21.2. The van der Waals surface area contributed by atoms with Crippen LogP contribution in [0.3, 0.4) is 0 Å². The van der Waals surface area contributed by atoms with E-state index < -0.39 is 28.9 Å². The van der Waals surface area contributed by atoms with Gasteiger partial charge in [0, 0.05) is 30.4 Å². The molecule has 0 spiro atoms. The average Bonchev–Trinajstić information content (AvgIpc) is 3.05. The number of carbonyl (C=O) groups is 1. The highest BCUT2D eigenvalue weighted by Crippen LogP contribution is 2.36. The van der Waals surface area contributed by atoms with Crippen LogP contribution in [0.1, 0.15) is 36.5 Å². The van der Waals surface area contributed by atoms with E-state index in [1.54, 1.807) is 13.0 Å². The Kier molecular flexibility index (Phi) is 5.86. The number of amides is 1. The van der Waals surface area contributed by atoms with E-state index in [-0.39, 0.29) is 19.1 Å². The van der Waals surface area contributed by atoms with Crippen molar-refractivity contribution in [2.24, 2.45) is 0 Å². The quantitative estimate of drug-likeness (QED) is 0.757. The fraction of sp³-hybridized carbons (Fsp3) is 0.611. The van der Waals surface area contributed by atoms with Crippen LogP contribution < -0.4 is 4.72 Å². The topological polar surface area (TPSA) is 75.7 Å². The molecular formula is C18H23F3N3O3S-. The van der Waals surface area contributed by atoms with E-state index in [4.69, 9.17) is 0 Å². The van der Waals surface area contributed by atoms with Gasteiger partial charge in [-0.2, -0.15) is 13.2 Å². The second-order valence-electron chi connectivity index (χ2n) is 7.64. The minimum absolute atomic E-state index is 0.0101. The van der Waals surface area contributed by atoms with E-state index in [0.717, 1.165) is 29.8 Å². The van der Waals surface area contributed by atoms with Crippen LogP contribution in [0.25, 0.3) is 0 Å². The molecule has 0 bridgehead atoms. The fourth-order valence-corrected chi connectivity index (χ4v) is 4.97. The summed E-state index contributed by atoms with van der Waals surface area (Å²) in [4.78, 5) is 14.5. The second kappa shape index (κ2) is 7.74. The maximum atomic E-state index is 12.8. The third kappa shape index (κ3) is 4.10. The highest BCUT2D eigenvalue weighted by Gasteiger charge is 2.44. The molecule has 0 aromatic heterocycles. The maximum absolute atomic E-state index is 12.8. The lowest BCUT2D eigenvalue weighted by molar-refractivity contribution is -0.186. The van der Waals surface area contributed by atoms with Gasteiger partial charge in [-0.1, -0.05) is 18.2 Å². The summed E-state index contributed by atoms with van der Waals surface area (Å²) >= 11 is -2.51. The minimum atomic E-state index is -4.91. The number of carbonyl (C=O) groups excluding carboxylic acids is 1. The Morgan fingerprint density at radius 1 is 1.29 bits per heavy atom. The highest BCUT2D eigenvalue weighted by atomic mass is 32.2. The molecule has 10 heteroatoms. The third-order valence-electron chi connectivity index (χ3n) is 5.83. The molecule has 0 saturated carbocycles. The number of alkyl halides is 3. The molecule has 0 radical (unpaired) electrons. The SMILES string of the molecule is CN1CCCC1C(C)(NS(=O)[O-])c1ccc2c(c1)CN(C(=O)C(F)(F)F)CC2. The van der Waals surface area contributed by atoms with E-state index in [9.17, 15) is 26.7 Å². The predicted molar refractivity (Wildman–Crippen MR) is 96.7 cm³/mol. The fourth-order valence-electron chi connectivity index (χ4n) is 4.36. The molecule has 2 heterocycles. The summed E-state index contributed by atoms with van der Waals surface area (Å²) in [5, 5.41) is 0. The van der Waals surface area contributed by atoms with Gasteiger partial charge in [0.1, 0.15) is 0 Å². The van der Waals surface area contributed by atoms with Crippen molar-refractivity contribution in [3.63, 3.8) is 0 Å². The average molecular weight is 418 g/mol. The number of hydrogen-bond donors (Lipinski definition) is 1. The predicted octanol–water partition coefficient (Wildman–Crippen LogP) is 1.83.